The number of aliphatic hydroxyl groups is 1. The lowest BCUT2D eigenvalue weighted by molar-refractivity contribution is 0.0417. The Morgan fingerprint density at radius 2 is 1.94 bits per heavy atom. The summed E-state index contributed by atoms with van der Waals surface area (Å²) in [6.07, 6.45) is 1.42. The highest BCUT2D eigenvalue weighted by atomic mass is 16.5. The number of hydrogen-bond acceptors (Lipinski definition) is 3. The monoisotopic (exact) mass is 259 g/mol. The molecule has 0 saturated carbocycles. The van der Waals surface area contributed by atoms with Crippen molar-refractivity contribution in [3.05, 3.63) is 0 Å². The van der Waals surface area contributed by atoms with Gasteiger partial charge in [-0.05, 0) is 26.7 Å². The molecule has 0 aromatic carbocycles. The molecule has 0 amide bonds. The minimum Gasteiger partial charge on any atom is -0.388 e. The van der Waals surface area contributed by atoms with E-state index >= 15 is 0 Å². The molecule has 0 aliphatic heterocycles. The van der Waals surface area contributed by atoms with E-state index in [4.69, 9.17) is 4.74 Å². The zero-order chi connectivity index (χ0) is 14.0. The third-order valence-electron chi connectivity index (χ3n) is 2.99. The molecule has 0 rings (SSSR count). The van der Waals surface area contributed by atoms with Gasteiger partial charge in [0.2, 0.25) is 0 Å². The van der Waals surface area contributed by atoms with E-state index in [2.05, 4.69) is 15.6 Å². The first-order valence-corrected chi connectivity index (χ1v) is 6.77. The highest BCUT2D eigenvalue weighted by Gasteiger charge is 2.21. The van der Waals surface area contributed by atoms with E-state index in [-0.39, 0.29) is 6.04 Å². The maximum Gasteiger partial charge on any atom is 0.191 e. The van der Waals surface area contributed by atoms with Crippen LogP contribution in [0, 0.1) is 0 Å². The van der Waals surface area contributed by atoms with Crippen molar-refractivity contribution in [2.75, 3.05) is 26.8 Å². The number of rotatable bonds is 8. The van der Waals surface area contributed by atoms with Crippen LogP contribution in [0.3, 0.4) is 0 Å². The van der Waals surface area contributed by atoms with Gasteiger partial charge in [0.1, 0.15) is 0 Å². The van der Waals surface area contributed by atoms with Crippen LogP contribution in [0.1, 0.15) is 40.5 Å². The number of nitrogens with zero attached hydrogens (tertiary/aromatic N) is 1. The summed E-state index contributed by atoms with van der Waals surface area (Å²) in [6.45, 7) is 9.83. The fourth-order valence-corrected chi connectivity index (χ4v) is 1.54. The molecule has 0 radical (unpaired) electrons. The molecule has 0 spiro atoms. The third kappa shape index (κ3) is 6.81. The van der Waals surface area contributed by atoms with Crippen LogP contribution in [0.4, 0.5) is 0 Å². The summed E-state index contributed by atoms with van der Waals surface area (Å²) in [5.74, 6) is 0.724. The fourth-order valence-electron chi connectivity index (χ4n) is 1.54. The Morgan fingerprint density at radius 3 is 2.39 bits per heavy atom. The Hall–Kier alpha value is -0.810. The van der Waals surface area contributed by atoms with Gasteiger partial charge in [0, 0.05) is 19.7 Å². The van der Waals surface area contributed by atoms with Crippen LogP contribution in [-0.2, 0) is 4.74 Å². The van der Waals surface area contributed by atoms with Crippen LogP contribution in [-0.4, -0.2) is 49.5 Å². The Bertz CT molecular complexity index is 240. The molecule has 0 heterocycles. The van der Waals surface area contributed by atoms with E-state index in [9.17, 15) is 5.11 Å². The molecule has 18 heavy (non-hydrogen) atoms. The van der Waals surface area contributed by atoms with Crippen LogP contribution in [0.5, 0.6) is 0 Å². The van der Waals surface area contributed by atoms with Crippen molar-refractivity contribution >= 4 is 5.96 Å². The molecule has 0 saturated heterocycles. The molecule has 0 fully saturated rings. The minimum atomic E-state index is -0.702. The summed E-state index contributed by atoms with van der Waals surface area (Å²) in [6, 6.07) is 0.184. The third-order valence-corrected chi connectivity index (χ3v) is 2.99. The van der Waals surface area contributed by atoms with Crippen molar-refractivity contribution in [1.29, 1.82) is 0 Å². The molecular formula is C13H29N3O2. The lowest BCUT2D eigenvalue weighted by atomic mass is 9.98. The van der Waals surface area contributed by atoms with Gasteiger partial charge in [-0.2, -0.15) is 0 Å². The van der Waals surface area contributed by atoms with E-state index < -0.39 is 5.60 Å². The topological polar surface area (TPSA) is 65.9 Å². The van der Waals surface area contributed by atoms with Crippen molar-refractivity contribution in [2.24, 2.45) is 4.99 Å². The molecule has 0 aromatic rings. The average Bonchev–Trinajstić information content (AvgIpc) is 2.36. The largest absolute Gasteiger partial charge is 0.388 e. The number of ether oxygens (including phenoxy) is 1. The van der Waals surface area contributed by atoms with Crippen molar-refractivity contribution in [1.82, 2.24) is 10.6 Å². The van der Waals surface area contributed by atoms with Crippen LogP contribution in [0.2, 0.25) is 0 Å². The summed E-state index contributed by atoms with van der Waals surface area (Å²) < 4.78 is 5.08. The van der Waals surface area contributed by atoms with Gasteiger partial charge in [0.15, 0.2) is 5.96 Å². The molecular weight excluding hydrogens is 230 g/mol. The van der Waals surface area contributed by atoms with Gasteiger partial charge >= 0.3 is 0 Å². The van der Waals surface area contributed by atoms with Gasteiger partial charge in [0.05, 0.1) is 18.8 Å². The van der Waals surface area contributed by atoms with Gasteiger partial charge in [-0.3, -0.25) is 4.99 Å². The van der Waals surface area contributed by atoms with E-state index in [1.165, 1.54) is 0 Å². The lowest BCUT2D eigenvalue weighted by Crippen LogP contribution is -2.45. The number of methoxy groups -OCH3 is 1. The van der Waals surface area contributed by atoms with Gasteiger partial charge < -0.3 is 20.5 Å². The molecule has 5 nitrogen and oxygen atoms in total. The van der Waals surface area contributed by atoms with Gasteiger partial charge in [-0.15, -0.1) is 0 Å². The molecule has 0 aliphatic carbocycles. The van der Waals surface area contributed by atoms with Gasteiger partial charge in [-0.25, -0.2) is 0 Å². The normalized spacial score (nSPS) is 14.4. The maximum atomic E-state index is 10.2. The Kier molecular flexibility index (Phi) is 8.75. The summed E-state index contributed by atoms with van der Waals surface area (Å²) >= 11 is 0. The van der Waals surface area contributed by atoms with E-state index in [1.807, 2.05) is 27.7 Å². The first kappa shape index (κ1) is 17.2. The SMILES string of the molecule is CCNC(=NCC(O)(CC)CC)NC(C)COC. The summed E-state index contributed by atoms with van der Waals surface area (Å²) in [7, 11) is 1.68. The fraction of sp³-hybridized carbons (Fsp3) is 0.923. The molecule has 0 bridgehead atoms. The number of nitrogens with one attached hydrogen (secondary N) is 2. The highest BCUT2D eigenvalue weighted by molar-refractivity contribution is 5.80. The molecule has 108 valence electrons. The Labute approximate surface area is 111 Å². The van der Waals surface area contributed by atoms with Crippen molar-refractivity contribution < 1.29 is 9.84 Å². The molecule has 1 unspecified atom stereocenters. The Balaban J connectivity index is 4.48. The first-order valence-electron chi connectivity index (χ1n) is 6.77. The summed E-state index contributed by atoms with van der Waals surface area (Å²) in [5.41, 5.74) is -0.702. The second-order valence-electron chi connectivity index (χ2n) is 4.63. The van der Waals surface area contributed by atoms with Gasteiger partial charge in [0.25, 0.3) is 0 Å². The molecule has 0 aliphatic rings. The number of hydrogen-bond donors (Lipinski definition) is 3. The number of guanidine groups is 1. The number of aliphatic imine (C=N–C) groups is 1. The zero-order valence-electron chi connectivity index (χ0n) is 12.4. The van der Waals surface area contributed by atoms with Crippen molar-refractivity contribution in [2.45, 2.75) is 52.2 Å². The average molecular weight is 259 g/mol. The van der Waals surface area contributed by atoms with Crippen LogP contribution < -0.4 is 10.6 Å². The second-order valence-corrected chi connectivity index (χ2v) is 4.63. The first-order chi connectivity index (χ1) is 8.51. The van der Waals surface area contributed by atoms with Crippen LogP contribution in [0.25, 0.3) is 0 Å². The van der Waals surface area contributed by atoms with Crippen molar-refractivity contribution in [3.8, 4) is 0 Å². The maximum absolute atomic E-state index is 10.2. The smallest absolute Gasteiger partial charge is 0.191 e. The molecule has 5 heteroatoms. The minimum absolute atomic E-state index is 0.184. The van der Waals surface area contributed by atoms with E-state index in [0.29, 0.717) is 26.0 Å². The zero-order valence-corrected chi connectivity index (χ0v) is 12.4. The van der Waals surface area contributed by atoms with E-state index in [1.54, 1.807) is 7.11 Å². The summed E-state index contributed by atoms with van der Waals surface area (Å²) in [4.78, 5) is 4.44. The van der Waals surface area contributed by atoms with Crippen molar-refractivity contribution in [3.63, 3.8) is 0 Å². The second kappa shape index (κ2) is 9.16. The summed E-state index contributed by atoms with van der Waals surface area (Å²) in [5, 5.41) is 16.6. The predicted molar refractivity (Wildman–Crippen MR) is 76.0 cm³/mol. The molecule has 0 aromatic heterocycles. The quantitative estimate of drug-likeness (QED) is 0.451. The van der Waals surface area contributed by atoms with Crippen LogP contribution >= 0.6 is 0 Å². The van der Waals surface area contributed by atoms with E-state index in [0.717, 1.165) is 12.5 Å². The lowest BCUT2D eigenvalue weighted by Gasteiger charge is -2.24. The van der Waals surface area contributed by atoms with Gasteiger partial charge in [-0.1, -0.05) is 13.8 Å². The standard InChI is InChI=1S/C13H29N3O2/c1-6-13(17,7-2)10-15-12(14-8-3)16-11(4)9-18-5/h11,17H,6-10H2,1-5H3,(H2,14,15,16). The molecule has 3 N–H and O–H groups in total. The molecule has 1 atom stereocenters. The highest BCUT2D eigenvalue weighted by Crippen LogP contribution is 2.14. The Morgan fingerprint density at radius 1 is 1.33 bits per heavy atom. The predicted octanol–water partition coefficient (Wildman–Crippen LogP) is 1.13. The van der Waals surface area contributed by atoms with Crippen LogP contribution in [0.15, 0.2) is 4.99 Å².